The Hall–Kier alpha value is -2.34. The van der Waals surface area contributed by atoms with Crippen molar-refractivity contribution in [1.82, 2.24) is 0 Å². The number of nitrogens with one attached hydrogen (secondary N) is 2. The van der Waals surface area contributed by atoms with Crippen LogP contribution in [0.1, 0.15) is 17.3 Å². The van der Waals surface area contributed by atoms with Gasteiger partial charge in [-0.2, -0.15) is 0 Å². The van der Waals surface area contributed by atoms with Crippen molar-refractivity contribution in [3.05, 3.63) is 52.5 Å². The van der Waals surface area contributed by atoms with E-state index in [1.807, 2.05) is 0 Å². The quantitative estimate of drug-likeness (QED) is 0.871. The van der Waals surface area contributed by atoms with Crippen LogP contribution in [0.3, 0.4) is 0 Å². The summed E-state index contributed by atoms with van der Waals surface area (Å²) < 4.78 is 6.08. The highest BCUT2D eigenvalue weighted by Gasteiger charge is 2.09. The number of benzene rings is 2. The lowest BCUT2D eigenvalue weighted by atomic mass is 10.2. The van der Waals surface area contributed by atoms with Gasteiger partial charge < -0.3 is 15.4 Å². The molecule has 5 nitrogen and oxygen atoms in total. The van der Waals surface area contributed by atoms with E-state index in [-0.39, 0.29) is 11.8 Å². The molecule has 0 aliphatic heterocycles. The molecular formula is C16H15BrN2O3. The first kappa shape index (κ1) is 16.0. The van der Waals surface area contributed by atoms with E-state index in [9.17, 15) is 9.59 Å². The minimum atomic E-state index is -0.230. The van der Waals surface area contributed by atoms with E-state index in [1.165, 1.54) is 14.0 Å². The fourth-order valence-electron chi connectivity index (χ4n) is 1.88. The molecule has 0 saturated carbocycles. The second-order valence-corrected chi connectivity index (χ2v) is 5.47. The molecule has 0 bridgehead atoms. The van der Waals surface area contributed by atoms with Gasteiger partial charge in [0.2, 0.25) is 5.91 Å². The standard InChI is InChI=1S/C16H15BrN2O3/c1-10(20)18-14-9-13(7-8-15(14)22-2)19-16(21)11-3-5-12(17)6-4-11/h3-9H,1-2H3,(H,18,20)(H,19,21). The molecule has 2 rings (SSSR count). The van der Waals surface area contributed by atoms with Crippen molar-refractivity contribution in [2.24, 2.45) is 0 Å². The first-order valence-corrected chi connectivity index (χ1v) is 7.31. The molecule has 6 heteroatoms. The SMILES string of the molecule is COc1ccc(NC(=O)c2ccc(Br)cc2)cc1NC(C)=O. The highest BCUT2D eigenvalue weighted by atomic mass is 79.9. The van der Waals surface area contributed by atoms with E-state index in [0.29, 0.717) is 22.7 Å². The summed E-state index contributed by atoms with van der Waals surface area (Å²) >= 11 is 3.32. The number of ether oxygens (including phenoxy) is 1. The maximum atomic E-state index is 12.2. The summed E-state index contributed by atoms with van der Waals surface area (Å²) in [6.07, 6.45) is 0. The number of methoxy groups -OCH3 is 1. The van der Waals surface area contributed by atoms with Crippen LogP contribution in [0.5, 0.6) is 5.75 Å². The van der Waals surface area contributed by atoms with Gasteiger partial charge >= 0.3 is 0 Å². The summed E-state index contributed by atoms with van der Waals surface area (Å²) in [6, 6.07) is 12.1. The van der Waals surface area contributed by atoms with E-state index in [2.05, 4.69) is 26.6 Å². The monoisotopic (exact) mass is 362 g/mol. The second-order valence-electron chi connectivity index (χ2n) is 4.56. The van der Waals surface area contributed by atoms with Crippen molar-refractivity contribution in [2.45, 2.75) is 6.92 Å². The summed E-state index contributed by atoms with van der Waals surface area (Å²) in [5, 5.41) is 5.45. The average molecular weight is 363 g/mol. The molecule has 0 fully saturated rings. The van der Waals surface area contributed by atoms with Crippen molar-refractivity contribution in [1.29, 1.82) is 0 Å². The van der Waals surface area contributed by atoms with E-state index in [1.54, 1.807) is 42.5 Å². The Balaban J connectivity index is 2.20. The fourth-order valence-corrected chi connectivity index (χ4v) is 2.14. The van der Waals surface area contributed by atoms with E-state index < -0.39 is 0 Å². The minimum Gasteiger partial charge on any atom is -0.495 e. The summed E-state index contributed by atoms with van der Waals surface area (Å²) in [7, 11) is 1.51. The molecule has 2 amide bonds. The number of rotatable bonds is 4. The van der Waals surface area contributed by atoms with Gasteiger partial charge in [-0.25, -0.2) is 0 Å². The van der Waals surface area contributed by atoms with Crippen LogP contribution in [0.2, 0.25) is 0 Å². The van der Waals surface area contributed by atoms with Gasteiger partial charge in [-0.15, -0.1) is 0 Å². The van der Waals surface area contributed by atoms with Gasteiger partial charge in [0.25, 0.3) is 5.91 Å². The number of anilines is 2. The van der Waals surface area contributed by atoms with Crippen molar-refractivity contribution >= 4 is 39.1 Å². The number of halogens is 1. The average Bonchev–Trinajstić information content (AvgIpc) is 2.47. The molecule has 2 aromatic carbocycles. The summed E-state index contributed by atoms with van der Waals surface area (Å²) in [5.41, 5.74) is 1.61. The summed E-state index contributed by atoms with van der Waals surface area (Å²) in [6.45, 7) is 1.41. The molecule has 0 heterocycles. The number of carbonyl (C=O) groups excluding carboxylic acids is 2. The Bertz CT molecular complexity index is 699. The molecule has 0 aliphatic carbocycles. The molecule has 0 unspecified atom stereocenters. The topological polar surface area (TPSA) is 67.4 Å². The zero-order chi connectivity index (χ0) is 16.1. The first-order valence-electron chi connectivity index (χ1n) is 6.52. The molecule has 0 aliphatic rings. The van der Waals surface area contributed by atoms with Gasteiger partial charge in [0, 0.05) is 22.6 Å². The largest absolute Gasteiger partial charge is 0.495 e. The maximum Gasteiger partial charge on any atom is 0.255 e. The Kier molecular flexibility index (Phi) is 5.16. The van der Waals surface area contributed by atoms with Gasteiger partial charge in [0.15, 0.2) is 0 Å². The summed E-state index contributed by atoms with van der Waals surface area (Å²) in [5.74, 6) is 0.0815. The number of carbonyl (C=O) groups is 2. The van der Waals surface area contributed by atoms with Gasteiger partial charge in [0.1, 0.15) is 5.75 Å². The Morgan fingerprint density at radius 1 is 1.05 bits per heavy atom. The number of amides is 2. The molecule has 2 N–H and O–H groups in total. The van der Waals surface area contributed by atoms with Crippen molar-refractivity contribution in [3.63, 3.8) is 0 Å². The van der Waals surface area contributed by atoms with Crippen LogP contribution in [0.4, 0.5) is 11.4 Å². The molecule has 22 heavy (non-hydrogen) atoms. The predicted octanol–water partition coefficient (Wildman–Crippen LogP) is 3.67. The normalized spacial score (nSPS) is 9.95. The van der Waals surface area contributed by atoms with Crippen LogP contribution in [0.15, 0.2) is 46.9 Å². The Morgan fingerprint density at radius 3 is 2.32 bits per heavy atom. The van der Waals surface area contributed by atoms with Crippen LogP contribution in [-0.4, -0.2) is 18.9 Å². The zero-order valence-electron chi connectivity index (χ0n) is 12.1. The van der Waals surface area contributed by atoms with Crippen molar-refractivity contribution in [3.8, 4) is 5.75 Å². The zero-order valence-corrected chi connectivity index (χ0v) is 13.7. The molecule has 0 radical (unpaired) electrons. The third-order valence-corrected chi connectivity index (χ3v) is 3.40. The van der Waals surface area contributed by atoms with E-state index >= 15 is 0 Å². The molecule has 0 spiro atoms. The lowest BCUT2D eigenvalue weighted by Crippen LogP contribution is -2.13. The maximum absolute atomic E-state index is 12.2. The third-order valence-electron chi connectivity index (χ3n) is 2.87. The molecule has 2 aromatic rings. The molecule has 114 valence electrons. The van der Waals surface area contributed by atoms with Gasteiger partial charge in [-0.3, -0.25) is 9.59 Å². The van der Waals surface area contributed by atoms with Gasteiger partial charge in [0.05, 0.1) is 12.8 Å². The van der Waals surface area contributed by atoms with E-state index in [4.69, 9.17) is 4.74 Å². The first-order chi connectivity index (χ1) is 10.5. The Labute approximate surface area is 136 Å². The highest BCUT2D eigenvalue weighted by molar-refractivity contribution is 9.10. The van der Waals surface area contributed by atoms with Crippen LogP contribution in [-0.2, 0) is 4.79 Å². The summed E-state index contributed by atoms with van der Waals surface area (Å²) in [4.78, 5) is 23.4. The van der Waals surface area contributed by atoms with Crippen molar-refractivity contribution in [2.75, 3.05) is 17.7 Å². The highest BCUT2D eigenvalue weighted by Crippen LogP contribution is 2.28. The molecular weight excluding hydrogens is 348 g/mol. The van der Waals surface area contributed by atoms with Crippen molar-refractivity contribution < 1.29 is 14.3 Å². The third kappa shape index (κ3) is 4.08. The van der Waals surface area contributed by atoms with E-state index in [0.717, 1.165) is 4.47 Å². The van der Waals surface area contributed by atoms with Crippen LogP contribution < -0.4 is 15.4 Å². The fraction of sp³-hybridized carbons (Fsp3) is 0.125. The van der Waals surface area contributed by atoms with Gasteiger partial charge in [-0.05, 0) is 42.5 Å². The van der Waals surface area contributed by atoms with Crippen LogP contribution >= 0.6 is 15.9 Å². The molecule has 0 saturated heterocycles. The number of hydrogen-bond donors (Lipinski definition) is 2. The lowest BCUT2D eigenvalue weighted by Gasteiger charge is -2.12. The second kappa shape index (κ2) is 7.09. The smallest absolute Gasteiger partial charge is 0.255 e. The van der Waals surface area contributed by atoms with Crippen LogP contribution in [0.25, 0.3) is 0 Å². The Morgan fingerprint density at radius 2 is 1.73 bits per heavy atom. The van der Waals surface area contributed by atoms with Crippen LogP contribution in [0, 0.1) is 0 Å². The number of hydrogen-bond acceptors (Lipinski definition) is 3. The molecule has 0 atom stereocenters. The minimum absolute atomic E-state index is 0.213. The predicted molar refractivity (Wildman–Crippen MR) is 89.4 cm³/mol. The lowest BCUT2D eigenvalue weighted by molar-refractivity contribution is -0.114. The molecule has 0 aromatic heterocycles. The van der Waals surface area contributed by atoms with Gasteiger partial charge in [-0.1, -0.05) is 15.9 Å².